The van der Waals surface area contributed by atoms with Crippen LogP contribution in [0.3, 0.4) is 0 Å². The van der Waals surface area contributed by atoms with Gasteiger partial charge in [-0.2, -0.15) is 0 Å². The van der Waals surface area contributed by atoms with Crippen LogP contribution in [0.5, 0.6) is 0 Å². The van der Waals surface area contributed by atoms with Gasteiger partial charge in [-0.25, -0.2) is 4.98 Å². The molecule has 0 spiro atoms. The van der Waals surface area contributed by atoms with E-state index in [1.807, 2.05) is 12.1 Å². The fraction of sp³-hybridized carbons (Fsp3) is 0.167. The summed E-state index contributed by atoms with van der Waals surface area (Å²) in [5.41, 5.74) is 4.79. The maximum absolute atomic E-state index is 6.17. The summed E-state index contributed by atoms with van der Waals surface area (Å²) < 4.78 is 3.48. The summed E-state index contributed by atoms with van der Waals surface area (Å²) in [6.45, 7) is 2.16. The predicted octanol–water partition coefficient (Wildman–Crippen LogP) is 5.36. The zero-order valence-electron chi connectivity index (χ0n) is 12.2. The Balaban J connectivity index is 1.87. The summed E-state index contributed by atoms with van der Waals surface area (Å²) in [5.74, 6) is 0. The molecule has 0 unspecified atom stereocenters. The molecule has 0 fully saturated rings. The predicted molar refractivity (Wildman–Crippen MR) is 94.2 cm³/mol. The smallest absolute Gasteiger partial charge is 0.137 e. The Hall–Kier alpha value is -1.84. The minimum Gasteiger partial charge on any atom is -0.303 e. The Morgan fingerprint density at radius 3 is 3.00 bits per heavy atom. The number of pyridine rings is 1. The first-order chi connectivity index (χ1) is 10.8. The molecule has 4 rings (SSSR count). The van der Waals surface area contributed by atoms with Crippen LogP contribution in [0.4, 0.5) is 0 Å². The standard InChI is InChI=1S/C18H15ClN2S/c1-2-15-16(21-8-4-3-5-18(21)20-15)9-12-11-22-17-7-6-13(19)10-14(12)17/h3-8,10-11H,2,9H2,1H3. The van der Waals surface area contributed by atoms with Crippen LogP contribution in [0.25, 0.3) is 15.7 Å². The molecule has 0 aliphatic carbocycles. The minimum atomic E-state index is 0.793. The third kappa shape index (κ3) is 2.21. The topological polar surface area (TPSA) is 17.3 Å². The van der Waals surface area contributed by atoms with Gasteiger partial charge in [-0.1, -0.05) is 24.6 Å². The number of nitrogens with zero attached hydrogens (tertiary/aromatic N) is 2. The summed E-state index contributed by atoms with van der Waals surface area (Å²) in [6, 6.07) is 12.3. The molecule has 0 bridgehead atoms. The quantitative estimate of drug-likeness (QED) is 0.495. The molecule has 0 N–H and O–H groups in total. The van der Waals surface area contributed by atoms with E-state index in [2.05, 4.69) is 47.2 Å². The summed E-state index contributed by atoms with van der Waals surface area (Å²) in [7, 11) is 0. The van der Waals surface area contributed by atoms with Crippen LogP contribution in [0.2, 0.25) is 5.02 Å². The lowest BCUT2D eigenvalue weighted by molar-refractivity contribution is 0.971. The molecule has 3 heterocycles. The molecule has 0 aliphatic heterocycles. The Morgan fingerprint density at radius 1 is 1.23 bits per heavy atom. The van der Waals surface area contributed by atoms with Crippen LogP contribution < -0.4 is 0 Å². The third-order valence-corrected chi connectivity index (χ3v) is 5.27. The van der Waals surface area contributed by atoms with Gasteiger partial charge in [0.2, 0.25) is 0 Å². The molecular formula is C18H15ClN2S. The molecule has 0 aliphatic rings. The molecule has 0 atom stereocenters. The van der Waals surface area contributed by atoms with Crippen LogP contribution in [-0.4, -0.2) is 9.38 Å². The maximum Gasteiger partial charge on any atom is 0.137 e. The van der Waals surface area contributed by atoms with Crippen molar-refractivity contribution in [2.75, 3.05) is 0 Å². The van der Waals surface area contributed by atoms with Crippen molar-refractivity contribution >= 4 is 38.7 Å². The van der Waals surface area contributed by atoms with Gasteiger partial charge in [0.05, 0.1) is 11.4 Å². The van der Waals surface area contributed by atoms with E-state index < -0.39 is 0 Å². The van der Waals surface area contributed by atoms with Crippen LogP contribution in [0, 0.1) is 0 Å². The monoisotopic (exact) mass is 326 g/mol. The van der Waals surface area contributed by atoms with E-state index in [9.17, 15) is 0 Å². The van der Waals surface area contributed by atoms with Crippen LogP contribution >= 0.6 is 22.9 Å². The molecule has 110 valence electrons. The van der Waals surface area contributed by atoms with E-state index in [0.717, 1.165) is 23.5 Å². The van der Waals surface area contributed by atoms with Gasteiger partial charge < -0.3 is 4.40 Å². The second-order valence-corrected chi connectivity index (χ2v) is 6.71. The molecule has 3 aromatic heterocycles. The number of hydrogen-bond donors (Lipinski definition) is 0. The van der Waals surface area contributed by atoms with Gasteiger partial charge in [0.15, 0.2) is 0 Å². The number of benzene rings is 1. The molecule has 0 radical (unpaired) electrons. The van der Waals surface area contributed by atoms with Crippen molar-refractivity contribution in [2.45, 2.75) is 19.8 Å². The highest BCUT2D eigenvalue weighted by atomic mass is 35.5. The Labute approximate surface area is 138 Å². The van der Waals surface area contributed by atoms with Crippen molar-refractivity contribution < 1.29 is 0 Å². The summed E-state index contributed by atoms with van der Waals surface area (Å²) in [4.78, 5) is 4.75. The highest BCUT2D eigenvalue weighted by Crippen LogP contribution is 2.31. The van der Waals surface area contributed by atoms with Gasteiger partial charge in [0.1, 0.15) is 5.65 Å². The van der Waals surface area contributed by atoms with Crippen molar-refractivity contribution in [3.05, 3.63) is 69.9 Å². The van der Waals surface area contributed by atoms with Gasteiger partial charge in [0, 0.05) is 22.3 Å². The average molecular weight is 327 g/mol. The maximum atomic E-state index is 6.17. The van der Waals surface area contributed by atoms with Gasteiger partial charge in [-0.3, -0.25) is 0 Å². The van der Waals surface area contributed by atoms with Gasteiger partial charge in [-0.15, -0.1) is 11.3 Å². The Bertz CT molecular complexity index is 968. The highest BCUT2D eigenvalue weighted by Gasteiger charge is 2.13. The SMILES string of the molecule is CCc1nc2ccccn2c1Cc1csc2ccc(Cl)cc12. The van der Waals surface area contributed by atoms with E-state index in [1.54, 1.807) is 11.3 Å². The van der Waals surface area contributed by atoms with E-state index in [1.165, 1.54) is 27.0 Å². The second kappa shape index (κ2) is 5.41. The van der Waals surface area contributed by atoms with Gasteiger partial charge >= 0.3 is 0 Å². The molecule has 1 aromatic carbocycles. The first-order valence-electron chi connectivity index (χ1n) is 7.36. The number of imidazole rings is 1. The zero-order valence-corrected chi connectivity index (χ0v) is 13.8. The average Bonchev–Trinajstić information content (AvgIpc) is 3.09. The largest absolute Gasteiger partial charge is 0.303 e. The number of halogens is 1. The Morgan fingerprint density at radius 2 is 2.14 bits per heavy atom. The number of aromatic nitrogens is 2. The fourth-order valence-corrected chi connectivity index (χ4v) is 4.05. The molecular weight excluding hydrogens is 312 g/mol. The molecule has 4 aromatic rings. The van der Waals surface area contributed by atoms with Gasteiger partial charge in [-0.05, 0) is 53.1 Å². The first kappa shape index (κ1) is 13.8. The lowest BCUT2D eigenvalue weighted by atomic mass is 10.1. The molecule has 4 heteroatoms. The first-order valence-corrected chi connectivity index (χ1v) is 8.62. The van der Waals surface area contributed by atoms with Crippen molar-refractivity contribution in [3.63, 3.8) is 0 Å². The summed E-state index contributed by atoms with van der Waals surface area (Å²) in [6.07, 6.45) is 3.92. The normalized spacial score (nSPS) is 11.5. The van der Waals surface area contributed by atoms with E-state index >= 15 is 0 Å². The van der Waals surface area contributed by atoms with Crippen LogP contribution in [0.15, 0.2) is 48.0 Å². The zero-order chi connectivity index (χ0) is 15.1. The number of aryl methyl sites for hydroxylation is 1. The second-order valence-electron chi connectivity index (χ2n) is 5.37. The minimum absolute atomic E-state index is 0.793. The Kier molecular flexibility index (Phi) is 3.40. The van der Waals surface area contributed by atoms with E-state index in [4.69, 9.17) is 16.6 Å². The summed E-state index contributed by atoms with van der Waals surface area (Å²) >= 11 is 7.95. The summed E-state index contributed by atoms with van der Waals surface area (Å²) in [5, 5.41) is 4.29. The van der Waals surface area contributed by atoms with Crippen LogP contribution in [0.1, 0.15) is 23.9 Å². The molecule has 0 saturated heterocycles. The third-order valence-electron chi connectivity index (χ3n) is 4.02. The van der Waals surface area contributed by atoms with Gasteiger partial charge in [0.25, 0.3) is 0 Å². The van der Waals surface area contributed by atoms with E-state index in [0.29, 0.717) is 0 Å². The number of thiophene rings is 1. The number of fused-ring (bicyclic) bond motifs is 2. The lowest BCUT2D eigenvalue weighted by Crippen LogP contribution is -1.97. The van der Waals surface area contributed by atoms with Crippen LogP contribution in [-0.2, 0) is 12.8 Å². The molecule has 2 nitrogen and oxygen atoms in total. The molecule has 0 saturated carbocycles. The highest BCUT2D eigenvalue weighted by molar-refractivity contribution is 7.17. The molecule has 22 heavy (non-hydrogen) atoms. The van der Waals surface area contributed by atoms with Crippen molar-refractivity contribution in [3.8, 4) is 0 Å². The molecule has 0 amide bonds. The van der Waals surface area contributed by atoms with Crippen molar-refractivity contribution in [1.29, 1.82) is 0 Å². The lowest BCUT2D eigenvalue weighted by Gasteiger charge is -2.04. The number of rotatable bonds is 3. The number of hydrogen-bond acceptors (Lipinski definition) is 2. The van der Waals surface area contributed by atoms with Crippen molar-refractivity contribution in [1.82, 2.24) is 9.38 Å². The van der Waals surface area contributed by atoms with Crippen molar-refractivity contribution in [2.24, 2.45) is 0 Å². The fourth-order valence-electron chi connectivity index (χ4n) is 2.94. The van der Waals surface area contributed by atoms with E-state index in [-0.39, 0.29) is 0 Å².